The van der Waals surface area contributed by atoms with E-state index in [0.717, 1.165) is 55.2 Å². The Balaban J connectivity index is 1.47. The third-order valence-corrected chi connectivity index (χ3v) is 5.36. The van der Waals surface area contributed by atoms with Crippen molar-refractivity contribution in [3.05, 3.63) is 69.8 Å². The number of nitrogens with zero attached hydrogens (tertiary/aromatic N) is 4. The Bertz CT molecular complexity index is 950. The molecule has 1 aromatic carbocycles. The highest BCUT2D eigenvalue weighted by molar-refractivity contribution is 5.57. The summed E-state index contributed by atoms with van der Waals surface area (Å²) in [5, 5.41) is 8.69. The van der Waals surface area contributed by atoms with Gasteiger partial charge in [-0.05, 0) is 32.8 Å². The highest BCUT2D eigenvalue weighted by Crippen LogP contribution is 2.24. The Hall–Kier alpha value is -2.73. The molecule has 0 unspecified atom stereocenters. The Morgan fingerprint density at radius 2 is 1.81 bits per heavy atom. The minimum atomic E-state index is -0.0288. The molecule has 1 aliphatic rings. The minimum Gasteiger partial charge on any atom is -0.361 e. The maximum Gasteiger partial charge on any atom is 0.267 e. The van der Waals surface area contributed by atoms with E-state index in [0.29, 0.717) is 0 Å². The normalized spacial score (nSPS) is 15.9. The average Bonchev–Trinajstić information content (AvgIpc) is 3.02. The molecule has 27 heavy (non-hydrogen) atoms. The summed E-state index contributed by atoms with van der Waals surface area (Å²) < 4.78 is 6.94. The molecule has 0 spiro atoms. The first kappa shape index (κ1) is 17.7. The molecular weight excluding hydrogens is 340 g/mol. The van der Waals surface area contributed by atoms with Gasteiger partial charge in [-0.25, -0.2) is 4.68 Å². The van der Waals surface area contributed by atoms with Gasteiger partial charge in [0.25, 0.3) is 5.56 Å². The first-order chi connectivity index (χ1) is 13.1. The van der Waals surface area contributed by atoms with Gasteiger partial charge < -0.3 is 4.52 Å². The number of hydrogen-bond donors (Lipinski definition) is 0. The number of rotatable bonds is 4. The van der Waals surface area contributed by atoms with Crippen molar-refractivity contribution >= 4 is 0 Å². The van der Waals surface area contributed by atoms with Gasteiger partial charge in [-0.1, -0.05) is 35.5 Å². The summed E-state index contributed by atoms with van der Waals surface area (Å²) >= 11 is 0. The number of aromatic nitrogens is 3. The Labute approximate surface area is 158 Å². The fourth-order valence-corrected chi connectivity index (χ4v) is 3.72. The van der Waals surface area contributed by atoms with Crippen molar-refractivity contribution in [1.29, 1.82) is 0 Å². The first-order valence-corrected chi connectivity index (χ1v) is 9.41. The molecule has 140 valence electrons. The van der Waals surface area contributed by atoms with E-state index in [2.05, 4.69) is 15.2 Å². The predicted molar refractivity (Wildman–Crippen MR) is 103 cm³/mol. The Kier molecular flexibility index (Phi) is 4.90. The highest BCUT2D eigenvalue weighted by Gasteiger charge is 2.24. The Morgan fingerprint density at radius 1 is 1.07 bits per heavy atom. The van der Waals surface area contributed by atoms with Gasteiger partial charge in [-0.15, -0.1) is 0 Å². The first-order valence-electron chi connectivity index (χ1n) is 9.41. The highest BCUT2D eigenvalue weighted by atomic mass is 16.5. The lowest BCUT2D eigenvalue weighted by molar-refractivity contribution is 0.170. The largest absolute Gasteiger partial charge is 0.361 e. The molecule has 3 heterocycles. The van der Waals surface area contributed by atoms with E-state index in [4.69, 9.17) is 4.52 Å². The lowest BCUT2D eigenvalue weighted by atomic mass is 10.0. The van der Waals surface area contributed by atoms with Crippen LogP contribution in [-0.2, 0) is 6.54 Å². The summed E-state index contributed by atoms with van der Waals surface area (Å²) in [6.07, 6.45) is 1.82. The SMILES string of the molecule is Cc1noc(C)c1CN1CCC(n2nc(-c3ccccc3)ccc2=O)CC1. The molecule has 6 heteroatoms. The summed E-state index contributed by atoms with van der Waals surface area (Å²) in [7, 11) is 0. The van der Waals surface area contributed by atoms with Crippen molar-refractivity contribution in [1.82, 2.24) is 19.8 Å². The van der Waals surface area contributed by atoms with E-state index in [-0.39, 0.29) is 11.6 Å². The van der Waals surface area contributed by atoms with Gasteiger partial charge >= 0.3 is 0 Å². The number of aryl methyl sites for hydroxylation is 2. The Morgan fingerprint density at radius 3 is 2.48 bits per heavy atom. The summed E-state index contributed by atoms with van der Waals surface area (Å²) in [4.78, 5) is 14.8. The zero-order valence-electron chi connectivity index (χ0n) is 15.8. The molecule has 0 atom stereocenters. The van der Waals surface area contributed by atoms with Crippen LogP contribution in [0.5, 0.6) is 0 Å². The lowest BCUT2D eigenvalue weighted by Gasteiger charge is -2.32. The van der Waals surface area contributed by atoms with Gasteiger partial charge in [0.15, 0.2) is 0 Å². The smallest absolute Gasteiger partial charge is 0.267 e. The monoisotopic (exact) mass is 364 g/mol. The zero-order valence-corrected chi connectivity index (χ0v) is 15.8. The standard InChI is InChI=1S/C21H24N4O2/c1-15-19(16(2)27-23-15)14-24-12-10-18(11-13-24)25-21(26)9-8-20(22-25)17-6-4-3-5-7-17/h3-9,18H,10-14H2,1-2H3. The molecular formula is C21H24N4O2. The molecule has 4 rings (SSSR count). The molecule has 0 radical (unpaired) electrons. The van der Waals surface area contributed by atoms with E-state index in [1.807, 2.05) is 44.2 Å². The summed E-state index contributed by atoms with van der Waals surface area (Å²) in [5.74, 6) is 0.892. The minimum absolute atomic E-state index is 0.0288. The molecule has 1 saturated heterocycles. The number of hydrogen-bond acceptors (Lipinski definition) is 5. The molecule has 1 fully saturated rings. The van der Waals surface area contributed by atoms with Crippen molar-refractivity contribution in [3.63, 3.8) is 0 Å². The topological polar surface area (TPSA) is 64.2 Å². The fraction of sp³-hybridized carbons (Fsp3) is 0.381. The van der Waals surface area contributed by atoms with Gasteiger partial charge in [0.1, 0.15) is 5.76 Å². The van der Waals surface area contributed by atoms with Gasteiger partial charge in [0, 0.05) is 36.8 Å². The van der Waals surface area contributed by atoms with Crippen molar-refractivity contribution in [2.24, 2.45) is 0 Å². The van der Waals surface area contributed by atoms with Gasteiger partial charge in [0.05, 0.1) is 17.4 Å². The van der Waals surface area contributed by atoms with Crippen molar-refractivity contribution in [3.8, 4) is 11.3 Å². The number of piperidine rings is 1. The van der Waals surface area contributed by atoms with Crippen LogP contribution in [0.4, 0.5) is 0 Å². The molecule has 3 aromatic rings. The second-order valence-electron chi connectivity index (χ2n) is 7.18. The molecule has 1 aliphatic heterocycles. The van der Waals surface area contributed by atoms with Crippen LogP contribution in [0.1, 0.15) is 35.9 Å². The maximum atomic E-state index is 12.4. The van der Waals surface area contributed by atoms with Crippen LogP contribution in [0.15, 0.2) is 51.8 Å². The van der Waals surface area contributed by atoms with Crippen LogP contribution >= 0.6 is 0 Å². The van der Waals surface area contributed by atoms with Crippen molar-refractivity contribution in [2.75, 3.05) is 13.1 Å². The second kappa shape index (κ2) is 7.48. The molecule has 0 saturated carbocycles. The summed E-state index contributed by atoms with van der Waals surface area (Å²) in [6, 6.07) is 13.6. The molecule has 0 bridgehead atoms. The zero-order chi connectivity index (χ0) is 18.8. The van der Waals surface area contributed by atoms with Crippen molar-refractivity contribution < 1.29 is 4.52 Å². The second-order valence-corrected chi connectivity index (χ2v) is 7.18. The average molecular weight is 364 g/mol. The summed E-state index contributed by atoms with van der Waals surface area (Å²) in [5.41, 5.74) is 3.98. The molecule has 0 N–H and O–H groups in total. The fourth-order valence-electron chi connectivity index (χ4n) is 3.72. The molecule has 2 aromatic heterocycles. The molecule has 0 aliphatic carbocycles. The van der Waals surface area contributed by atoms with Crippen LogP contribution in [0.25, 0.3) is 11.3 Å². The van der Waals surface area contributed by atoms with Gasteiger partial charge in [0.2, 0.25) is 0 Å². The van der Waals surface area contributed by atoms with Crippen LogP contribution in [0, 0.1) is 13.8 Å². The van der Waals surface area contributed by atoms with E-state index in [1.54, 1.807) is 16.8 Å². The van der Waals surface area contributed by atoms with Gasteiger partial charge in [-0.3, -0.25) is 9.69 Å². The van der Waals surface area contributed by atoms with Gasteiger partial charge in [-0.2, -0.15) is 5.10 Å². The predicted octanol–water partition coefficient (Wildman–Crippen LogP) is 3.35. The lowest BCUT2D eigenvalue weighted by Crippen LogP contribution is -2.38. The number of likely N-dealkylation sites (tertiary alicyclic amines) is 1. The van der Waals surface area contributed by atoms with E-state index in [9.17, 15) is 4.79 Å². The van der Waals surface area contributed by atoms with Crippen LogP contribution in [0.3, 0.4) is 0 Å². The van der Waals surface area contributed by atoms with Crippen LogP contribution in [0.2, 0.25) is 0 Å². The van der Waals surface area contributed by atoms with Crippen LogP contribution in [-0.4, -0.2) is 32.9 Å². The van der Waals surface area contributed by atoms with E-state index >= 15 is 0 Å². The summed E-state index contributed by atoms with van der Waals surface area (Å²) in [6.45, 7) is 6.65. The maximum absolute atomic E-state index is 12.4. The van der Waals surface area contributed by atoms with Crippen molar-refractivity contribution in [2.45, 2.75) is 39.3 Å². The molecule has 0 amide bonds. The van der Waals surface area contributed by atoms with Crippen LogP contribution < -0.4 is 5.56 Å². The number of benzene rings is 1. The van der Waals surface area contributed by atoms with E-state index < -0.39 is 0 Å². The third-order valence-electron chi connectivity index (χ3n) is 5.36. The quantitative estimate of drug-likeness (QED) is 0.710. The third kappa shape index (κ3) is 3.71. The molecule has 6 nitrogen and oxygen atoms in total. The van der Waals surface area contributed by atoms with E-state index in [1.165, 1.54) is 5.56 Å².